The SMILES string of the molecule is NCCCn1cc(S(=O)(=O)Nc2ccc(F)cc2I)cn1. The van der Waals surface area contributed by atoms with Crippen molar-refractivity contribution in [1.82, 2.24) is 9.78 Å². The predicted molar refractivity (Wildman–Crippen MR) is 85.8 cm³/mol. The van der Waals surface area contributed by atoms with Crippen molar-refractivity contribution in [2.45, 2.75) is 17.9 Å². The molecule has 114 valence electrons. The van der Waals surface area contributed by atoms with Gasteiger partial charge in [0.25, 0.3) is 10.0 Å². The molecular weight excluding hydrogens is 410 g/mol. The van der Waals surface area contributed by atoms with Crippen molar-refractivity contribution in [2.75, 3.05) is 11.3 Å². The number of aromatic nitrogens is 2. The lowest BCUT2D eigenvalue weighted by molar-refractivity contribution is 0.582. The van der Waals surface area contributed by atoms with E-state index in [9.17, 15) is 12.8 Å². The molecule has 9 heteroatoms. The van der Waals surface area contributed by atoms with Crippen molar-refractivity contribution >= 4 is 38.3 Å². The number of benzene rings is 1. The Balaban J connectivity index is 2.19. The van der Waals surface area contributed by atoms with Gasteiger partial charge in [0.15, 0.2) is 0 Å². The molecule has 2 aromatic rings. The third kappa shape index (κ3) is 4.14. The average molecular weight is 424 g/mol. The Labute approximate surface area is 135 Å². The smallest absolute Gasteiger partial charge is 0.265 e. The van der Waals surface area contributed by atoms with Crippen LogP contribution in [0.25, 0.3) is 0 Å². The van der Waals surface area contributed by atoms with Crippen molar-refractivity contribution < 1.29 is 12.8 Å². The number of hydrogen-bond acceptors (Lipinski definition) is 4. The lowest BCUT2D eigenvalue weighted by Gasteiger charge is -2.08. The van der Waals surface area contributed by atoms with Gasteiger partial charge in [-0.05, 0) is 53.8 Å². The summed E-state index contributed by atoms with van der Waals surface area (Å²) in [7, 11) is -3.74. The molecule has 0 aliphatic rings. The molecule has 0 saturated heterocycles. The van der Waals surface area contributed by atoms with Crippen LogP contribution in [0.4, 0.5) is 10.1 Å². The van der Waals surface area contributed by atoms with Crippen molar-refractivity contribution in [1.29, 1.82) is 0 Å². The van der Waals surface area contributed by atoms with Gasteiger partial charge in [-0.3, -0.25) is 9.40 Å². The summed E-state index contributed by atoms with van der Waals surface area (Å²) in [4.78, 5) is 0.0552. The highest BCUT2D eigenvalue weighted by Crippen LogP contribution is 2.22. The van der Waals surface area contributed by atoms with Crippen LogP contribution in [0.1, 0.15) is 6.42 Å². The maximum atomic E-state index is 13.0. The monoisotopic (exact) mass is 424 g/mol. The average Bonchev–Trinajstić information content (AvgIpc) is 2.89. The summed E-state index contributed by atoms with van der Waals surface area (Å²) in [5, 5.41) is 3.98. The number of aryl methyl sites for hydroxylation is 1. The van der Waals surface area contributed by atoms with Gasteiger partial charge in [0, 0.05) is 16.3 Å². The van der Waals surface area contributed by atoms with Crippen LogP contribution in [0.3, 0.4) is 0 Å². The normalized spacial score (nSPS) is 11.6. The Morgan fingerprint density at radius 1 is 1.43 bits per heavy atom. The number of nitrogens with two attached hydrogens (primary N) is 1. The van der Waals surface area contributed by atoms with E-state index in [0.29, 0.717) is 28.8 Å². The van der Waals surface area contributed by atoms with E-state index in [1.807, 2.05) is 22.6 Å². The molecule has 1 heterocycles. The summed E-state index contributed by atoms with van der Waals surface area (Å²) < 4.78 is 41.9. The third-order valence-corrected chi connectivity index (χ3v) is 4.90. The summed E-state index contributed by atoms with van der Waals surface area (Å²) in [6.45, 7) is 1.06. The first-order valence-electron chi connectivity index (χ1n) is 6.13. The van der Waals surface area contributed by atoms with E-state index in [1.165, 1.54) is 35.3 Å². The van der Waals surface area contributed by atoms with Gasteiger partial charge < -0.3 is 5.73 Å². The highest BCUT2D eigenvalue weighted by molar-refractivity contribution is 14.1. The second-order valence-corrected chi connectivity index (χ2v) is 7.16. The van der Waals surface area contributed by atoms with Crippen LogP contribution in [-0.4, -0.2) is 24.7 Å². The van der Waals surface area contributed by atoms with E-state index in [0.717, 1.165) is 0 Å². The second-order valence-electron chi connectivity index (χ2n) is 4.31. The Hall–Kier alpha value is -1.20. The first kappa shape index (κ1) is 16.2. The van der Waals surface area contributed by atoms with Crippen LogP contribution in [0.2, 0.25) is 0 Å². The van der Waals surface area contributed by atoms with E-state index in [1.54, 1.807) is 0 Å². The fraction of sp³-hybridized carbons (Fsp3) is 0.250. The molecule has 21 heavy (non-hydrogen) atoms. The molecule has 6 nitrogen and oxygen atoms in total. The minimum Gasteiger partial charge on any atom is -0.330 e. The number of rotatable bonds is 6. The van der Waals surface area contributed by atoms with E-state index in [2.05, 4.69) is 9.82 Å². The molecule has 0 aliphatic carbocycles. The maximum Gasteiger partial charge on any atom is 0.265 e. The summed E-state index contributed by atoms with van der Waals surface area (Å²) in [6.07, 6.45) is 3.42. The summed E-state index contributed by atoms with van der Waals surface area (Å²) in [5.74, 6) is -0.419. The van der Waals surface area contributed by atoms with Gasteiger partial charge in [-0.2, -0.15) is 5.10 Å². The zero-order valence-corrected chi connectivity index (χ0v) is 13.9. The molecular formula is C12H14FIN4O2S. The number of hydrogen-bond donors (Lipinski definition) is 2. The van der Waals surface area contributed by atoms with Crippen LogP contribution in [0.5, 0.6) is 0 Å². The number of halogens is 2. The number of anilines is 1. The number of nitrogens with zero attached hydrogens (tertiary/aromatic N) is 2. The third-order valence-electron chi connectivity index (χ3n) is 2.69. The standard InChI is InChI=1S/C12H14FIN4O2S/c13-9-2-3-12(11(14)6-9)17-21(19,20)10-7-16-18(8-10)5-1-4-15/h2-3,6-8,17H,1,4-5,15H2. The predicted octanol–water partition coefficient (Wildman–Crippen LogP) is 1.78. The molecule has 0 saturated carbocycles. The Morgan fingerprint density at radius 3 is 2.86 bits per heavy atom. The lowest BCUT2D eigenvalue weighted by Crippen LogP contribution is -2.13. The molecule has 0 aliphatic heterocycles. The fourth-order valence-electron chi connectivity index (χ4n) is 1.63. The van der Waals surface area contributed by atoms with E-state index >= 15 is 0 Å². The van der Waals surface area contributed by atoms with Crippen LogP contribution in [-0.2, 0) is 16.6 Å². The quantitative estimate of drug-likeness (QED) is 0.692. The molecule has 1 aromatic heterocycles. The molecule has 0 fully saturated rings. The van der Waals surface area contributed by atoms with Gasteiger partial charge >= 0.3 is 0 Å². The maximum absolute atomic E-state index is 13.0. The van der Waals surface area contributed by atoms with E-state index in [-0.39, 0.29) is 4.90 Å². The molecule has 0 bridgehead atoms. The van der Waals surface area contributed by atoms with Gasteiger partial charge in [0.1, 0.15) is 10.7 Å². The highest BCUT2D eigenvalue weighted by atomic mass is 127. The molecule has 0 spiro atoms. The lowest BCUT2D eigenvalue weighted by atomic mass is 10.3. The topological polar surface area (TPSA) is 90.0 Å². The first-order valence-corrected chi connectivity index (χ1v) is 8.69. The fourth-order valence-corrected chi connectivity index (χ4v) is 3.46. The summed E-state index contributed by atoms with van der Waals surface area (Å²) in [5.41, 5.74) is 5.72. The van der Waals surface area contributed by atoms with Crippen molar-refractivity contribution in [3.63, 3.8) is 0 Å². The van der Waals surface area contributed by atoms with Gasteiger partial charge in [-0.1, -0.05) is 0 Å². The minimum atomic E-state index is -3.74. The molecule has 0 amide bonds. The molecule has 3 N–H and O–H groups in total. The van der Waals surface area contributed by atoms with Gasteiger partial charge in [0.2, 0.25) is 0 Å². The summed E-state index contributed by atoms with van der Waals surface area (Å²) in [6, 6.07) is 3.83. The largest absolute Gasteiger partial charge is 0.330 e. The first-order chi connectivity index (χ1) is 9.92. The van der Waals surface area contributed by atoms with Crippen molar-refractivity contribution in [3.8, 4) is 0 Å². The number of sulfonamides is 1. The second kappa shape index (κ2) is 6.71. The zero-order valence-electron chi connectivity index (χ0n) is 11.0. The van der Waals surface area contributed by atoms with Crippen molar-refractivity contribution in [3.05, 3.63) is 40.0 Å². The number of nitrogens with one attached hydrogen (secondary N) is 1. The molecule has 1 aromatic carbocycles. The van der Waals surface area contributed by atoms with Crippen molar-refractivity contribution in [2.24, 2.45) is 5.73 Å². The Bertz CT molecular complexity index is 733. The molecule has 2 rings (SSSR count). The van der Waals surface area contributed by atoms with E-state index < -0.39 is 15.8 Å². The zero-order chi connectivity index (χ0) is 15.5. The Kier molecular flexibility index (Phi) is 5.17. The van der Waals surface area contributed by atoms with Gasteiger partial charge in [-0.15, -0.1) is 0 Å². The molecule has 0 radical (unpaired) electrons. The highest BCUT2D eigenvalue weighted by Gasteiger charge is 2.18. The van der Waals surface area contributed by atoms with Crippen LogP contribution in [0.15, 0.2) is 35.5 Å². The minimum absolute atomic E-state index is 0.0552. The van der Waals surface area contributed by atoms with Crippen LogP contribution < -0.4 is 10.5 Å². The van der Waals surface area contributed by atoms with E-state index in [4.69, 9.17) is 5.73 Å². The van der Waals surface area contributed by atoms with Gasteiger partial charge in [-0.25, -0.2) is 12.8 Å². The van der Waals surface area contributed by atoms with Crippen LogP contribution >= 0.6 is 22.6 Å². The van der Waals surface area contributed by atoms with Gasteiger partial charge in [0.05, 0.1) is 11.9 Å². The Morgan fingerprint density at radius 2 is 2.19 bits per heavy atom. The van der Waals surface area contributed by atoms with Crippen LogP contribution in [0, 0.1) is 9.39 Å². The molecule has 0 atom stereocenters. The molecule has 0 unspecified atom stereocenters. The summed E-state index contributed by atoms with van der Waals surface area (Å²) >= 11 is 1.87.